The van der Waals surface area contributed by atoms with Crippen molar-refractivity contribution in [2.45, 2.75) is 24.7 Å². The molecule has 3 nitrogen and oxygen atoms in total. The van der Waals surface area contributed by atoms with Gasteiger partial charge in [-0.05, 0) is 18.2 Å². The first-order valence-corrected chi connectivity index (χ1v) is 5.10. The Morgan fingerprint density at radius 1 is 1.47 bits per heavy atom. The zero-order chi connectivity index (χ0) is 10.4. The fraction of sp³-hybridized carbons (Fsp3) is 0.455. The first-order valence-electron chi connectivity index (χ1n) is 5.10. The predicted octanol–water partition coefficient (Wildman–Crippen LogP) is 1.44. The number of aliphatic hydroxyl groups is 1. The van der Waals surface area contributed by atoms with Gasteiger partial charge in [0.2, 0.25) is 0 Å². The Labute approximate surface area is 86.9 Å². The Hall–Kier alpha value is -1.13. The summed E-state index contributed by atoms with van der Waals surface area (Å²) in [5.74, 6) is -0.247. The van der Waals surface area contributed by atoms with E-state index in [0.29, 0.717) is 13.0 Å². The van der Waals surface area contributed by atoms with Crippen LogP contribution in [0.3, 0.4) is 0 Å². The Balaban J connectivity index is 2.03. The predicted molar refractivity (Wildman–Crippen MR) is 53.1 cm³/mol. The number of fused-ring (bicyclic) bond motifs is 4. The maximum atomic E-state index is 13.1. The van der Waals surface area contributed by atoms with Crippen LogP contribution in [0.15, 0.2) is 18.2 Å². The van der Waals surface area contributed by atoms with E-state index in [0.717, 1.165) is 11.3 Å². The number of benzene rings is 1. The number of anilines is 1. The van der Waals surface area contributed by atoms with Crippen LogP contribution in [-0.4, -0.2) is 23.9 Å². The number of aliphatic hydroxyl groups excluding tert-OH is 1. The van der Waals surface area contributed by atoms with Crippen molar-refractivity contribution in [1.82, 2.24) is 0 Å². The van der Waals surface area contributed by atoms with Crippen molar-refractivity contribution < 1.29 is 14.2 Å². The summed E-state index contributed by atoms with van der Waals surface area (Å²) < 4.78 is 18.5. The monoisotopic (exact) mass is 209 g/mol. The molecular formula is C11H12FNO2. The van der Waals surface area contributed by atoms with Gasteiger partial charge in [0.05, 0.1) is 24.9 Å². The summed E-state index contributed by atoms with van der Waals surface area (Å²) in [6, 6.07) is 4.65. The molecule has 2 aliphatic heterocycles. The van der Waals surface area contributed by atoms with Crippen LogP contribution in [-0.2, 0) is 4.74 Å². The molecule has 2 bridgehead atoms. The van der Waals surface area contributed by atoms with Crippen molar-refractivity contribution >= 4 is 5.69 Å². The lowest BCUT2D eigenvalue weighted by molar-refractivity contribution is -0.0673. The lowest BCUT2D eigenvalue weighted by atomic mass is 9.90. The molecule has 0 aromatic heterocycles. The molecule has 0 unspecified atom stereocenters. The second-order valence-corrected chi connectivity index (χ2v) is 4.11. The van der Waals surface area contributed by atoms with Crippen molar-refractivity contribution in [3.63, 3.8) is 0 Å². The van der Waals surface area contributed by atoms with Crippen molar-refractivity contribution in [2.75, 3.05) is 11.9 Å². The molecule has 3 atom stereocenters. The molecule has 2 heterocycles. The molecule has 1 fully saturated rings. The molecule has 4 heteroatoms. The maximum Gasteiger partial charge on any atom is 0.123 e. The number of hydrogen-bond acceptors (Lipinski definition) is 3. The summed E-state index contributed by atoms with van der Waals surface area (Å²) in [5.41, 5.74) is 1.73. The molecule has 2 aliphatic rings. The fourth-order valence-corrected chi connectivity index (χ4v) is 2.29. The van der Waals surface area contributed by atoms with Crippen molar-refractivity contribution in [1.29, 1.82) is 0 Å². The van der Waals surface area contributed by atoms with E-state index in [9.17, 15) is 9.50 Å². The summed E-state index contributed by atoms with van der Waals surface area (Å²) >= 11 is 0. The Kier molecular flexibility index (Phi) is 1.94. The zero-order valence-corrected chi connectivity index (χ0v) is 8.11. The summed E-state index contributed by atoms with van der Waals surface area (Å²) in [6.07, 6.45) is 0.155. The van der Waals surface area contributed by atoms with Crippen LogP contribution in [0.25, 0.3) is 0 Å². The normalized spacial score (nSPS) is 33.1. The molecule has 80 valence electrons. The minimum atomic E-state index is -0.473. The molecular weight excluding hydrogens is 197 g/mol. The highest BCUT2D eigenvalue weighted by Crippen LogP contribution is 2.39. The molecule has 1 saturated heterocycles. The van der Waals surface area contributed by atoms with Crippen LogP contribution < -0.4 is 5.32 Å². The van der Waals surface area contributed by atoms with E-state index in [-0.39, 0.29) is 18.0 Å². The molecule has 15 heavy (non-hydrogen) atoms. The van der Waals surface area contributed by atoms with E-state index >= 15 is 0 Å². The molecule has 3 rings (SSSR count). The molecule has 1 aromatic carbocycles. The van der Waals surface area contributed by atoms with E-state index in [1.807, 2.05) is 0 Å². The first-order chi connectivity index (χ1) is 7.24. The van der Waals surface area contributed by atoms with Gasteiger partial charge < -0.3 is 15.2 Å². The van der Waals surface area contributed by atoms with E-state index < -0.39 is 6.10 Å². The Bertz CT molecular complexity index is 396. The van der Waals surface area contributed by atoms with Gasteiger partial charge in [-0.2, -0.15) is 0 Å². The van der Waals surface area contributed by atoms with E-state index in [1.165, 1.54) is 12.1 Å². The summed E-state index contributed by atoms with van der Waals surface area (Å²) in [5, 5.41) is 12.8. The van der Waals surface area contributed by atoms with Crippen molar-refractivity contribution in [2.24, 2.45) is 0 Å². The lowest BCUT2D eigenvalue weighted by Crippen LogP contribution is -2.45. The van der Waals surface area contributed by atoms with Crippen LogP contribution >= 0.6 is 0 Å². The largest absolute Gasteiger partial charge is 0.389 e. The molecule has 0 saturated carbocycles. The van der Waals surface area contributed by atoms with E-state index in [1.54, 1.807) is 6.07 Å². The summed E-state index contributed by atoms with van der Waals surface area (Å²) in [4.78, 5) is 0. The zero-order valence-electron chi connectivity index (χ0n) is 8.11. The molecule has 0 spiro atoms. The van der Waals surface area contributed by atoms with Gasteiger partial charge in [-0.15, -0.1) is 0 Å². The quantitative estimate of drug-likeness (QED) is 0.679. The van der Waals surface area contributed by atoms with Crippen LogP contribution in [0.4, 0.5) is 10.1 Å². The SMILES string of the molecule is O[C@H]1CO[C@@H]2C[C@H]1Nc1ccc(F)cc12. The van der Waals surface area contributed by atoms with Gasteiger partial charge in [-0.25, -0.2) is 4.39 Å². The highest BCUT2D eigenvalue weighted by atomic mass is 19.1. The molecule has 0 aliphatic carbocycles. The highest BCUT2D eigenvalue weighted by molar-refractivity contribution is 5.55. The van der Waals surface area contributed by atoms with E-state index in [4.69, 9.17) is 4.74 Å². The average molecular weight is 209 g/mol. The Morgan fingerprint density at radius 2 is 2.33 bits per heavy atom. The van der Waals surface area contributed by atoms with Gasteiger partial charge in [0, 0.05) is 17.7 Å². The number of ether oxygens (including phenoxy) is 1. The third kappa shape index (κ3) is 1.41. The average Bonchev–Trinajstić information content (AvgIpc) is 2.24. The van der Waals surface area contributed by atoms with Crippen LogP contribution in [0.5, 0.6) is 0 Å². The second kappa shape index (κ2) is 3.18. The second-order valence-electron chi connectivity index (χ2n) is 4.11. The van der Waals surface area contributed by atoms with Crippen LogP contribution in [0.2, 0.25) is 0 Å². The van der Waals surface area contributed by atoms with Gasteiger partial charge in [0.15, 0.2) is 0 Å². The maximum absolute atomic E-state index is 13.1. The van der Waals surface area contributed by atoms with E-state index in [2.05, 4.69) is 5.32 Å². The smallest absolute Gasteiger partial charge is 0.123 e. The third-order valence-electron chi connectivity index (χ3n) is 3.10. The molecule has 0 radical (unpaired) electrons. The van der Waals surface area contributed by atoms with Gasteiger partial charge in [-0.1, -0.05) is 0 Å². The van der Waals surface area contributed by atoms with Crippen LogP contribution in [0.1, 0.15) is 18.1 Å². The minimum Gasteiger partial charge on any atom is -0.389 e. The Morgan fingerprint density at radius 3 is 3.20 bits per heavy atom. The number of halogens is 1. The summed E-state index contributed by atoms with van der Waals surface area (Å²) in [7, 11) is 0. The van der Waals surface area contributed by atoms with Crippen molar-refractivity contribution in [3.8, 4) is 0 Å². The highest BCUT2D eigenvalue weighted by Gasteiger charge is 2.36. The van der Waals surface area contributed by atoms with Crippen molar-refractivity contribution in [3.05, 3.63) is 29.6 Å². The van der Waals surface area contributed by atoms with Gasteiger partial charge in [0.25, 0.3) is 0 Å². The number of hydrogen-bond donors (Lipinski definition) is 2. The molecule has 2 N–H and O–H groups in total. The van der Waals surface area contributed by atoms with Gasteiger partial charge in [0.1, 0.15) is 5.82 Å². The molecule has 0 amide bonds. The minimum absolute atomic E-state index is 0.0294. The van der Waals surface area contributed by atoms with Crippen LogP contribution in [0, 0.1) is 5.82 Å². The summed E-state index contributed by atoms with van der Waals surface area (Å²) in [6.45, 7) is 0.318. The van der Waals surface area contributed by atoms with Gasteiger partial charge >= 0.3 is 0 Å². The third-order valence-corrected chi connectivity index (χ3v) is 3.10. The number of nitrogens with one attached hydrogen (secondary N) is 1. The fourth-order valence-electron chi connectivity index (χ4n) is 2.29. The standard InChI is InChI=1S/C11H12FNO2/c12-6-1-2-8-7(3-6)11-4-9(13-8)10(14)5-15-11/h1-3,9-11,13-14H,4-5H2/t9-,10+,11-/m1/s1. The first kappa shape index (κ1) is 9.12. The van der Waals surface area contributed by atoms with Gasteiger partial charge in [-0.3, -0.25) is 0 Å². The lowest BCUT2D eigenvalue weighted by Gasteiger charge is -2.40. The number of rotatable bonds is 0. The molecule has 1 aromatic rings. The topological polar surface area (TPSA) is 41.5 Å².